The molecule has 8 nitrogen and oxygen atoms in total. The molecule has 4 aromatic rings. The molecule has 5 rings (SSSR count). The smallest absolute Gasteiger partial charge is 0.359 e. The lowest BCUT2D eigenvalue weighted by molar-refractivity contribution is 0.0469. The minimum atomic E-state index is -0.633. The van der Waals surface area contributed by atoms with E-state index in [0.717, 1.165) is 22.8 Å². The molecule has 162 valence electrons. The third-order valence-electron chi connectivity index (χ3n) is 5.59. The van der Waals surface area contributed by atoms with Gasteiger partial charge in [-0.3, -0.25) is 4.79 Å². The second-order valence-corrected chi connectivity index (χ2v) is 7.68. The summed E-state index contributed by atoms with van der Waals surface area (Å²) in [7, 11) is 0. The van der Waals surface area contributed by atoms with Crippen molar-refractivity contribution < 1.29 is 23.8 Å². The van der Waals surface area contributed by atoms with E-state index >= 15 is 0 Å². The lowest BCUT2D eigenvalue weighted by atomic mass is 10.1. The standard InChI is InChI=1S/C24H21N3O5/c1-14-5-4-6-23-25-19(11-26(14)23)24(29)30-12-20(28)18-9-15(2)27(16(18)3)17-7-8-21-22(10-17)32-13-31-21/h4-11H,12-13H2,1-3H3. The van der Waals surface area contributed by atoms with Crippen LogP contribution in [0, 0.1) is 20.8 Å². The van der Waals surface area contributed by atoms with Crippen molar-refractivity contribution >= 4 is 17.4 Å². The van der Waals surface area contributed by atoms with Gasteiger partial charge in [0.2, 0.25) is 12.6 Å². The molecule has 1 aliphatic rings. The average Bonchev–Trinajstić information content (AvgIpc) is 3.49. The molecule has 0 amide bonds. The summed E-state index contributed by atoms with van der Waals surface area (Å²) in [6, 6.07) is 13.0. The number of rotatable bonds is 5. The van der Waals surface area contributed by atoms with Crippen LogP contribution in [0.25, 0.3) is 11.3 Å². The Bertz CT molecular complexity index is 1380. The minimum Gasteiger partial charge on any atom is -0.454 e. The molecular weight excluding hydrogens is 410 g/mol. The number of aryl methyl sites for hydroxylation is 2. The highest BCUT2D eigenvalue weighted by molar-refractivity contribution is 6.00. The van der Waals surface area contributed by atoms with Crippen LogP contribution in [-0.4, -0.2) is 39.1 Å². The van der Waals surface area contributed by atoms with Crippen molar-refractivity contribution in [1.82, 2.24) is 14.0 Å². The first-order valence-corrected chi connectivity index (χ1v) is 10.2. The molecule has 3 aromatic heterocycles. The van der Waals surface area contributed by atoms with E-state index in [1.165, 1.54) is 0 Å². The first kappa shape index (κ1) is 19.9. The van der Waals surface area contributed by atoms with Crippen molar-refractivity contribution in [3.63, 3.8) is 0 Å². The number of esters is 1. The van der Waals surface area contributed by atoms with Crippen molar-refractivity contribution in [2.75, 3.05) is 13.4 Å². The molecule has 1 aliphatic heterocycles. The van der Waals surface area contributed by atoms with E-state index in [4.69, 9.17) is 14.2 Å². The van der Waals surface area contributed by atoms with Crippen LogP contribution in [-0.2, 0) is 4.74 Å². The zero-order chi connectivity index (χ0) is 22.4. The number of hydrogen-bond acceptors (Lipinski definition) is 6. The first-order chi connectivity index (χ1) is 15.4. The van der Waals surface area contributed by atoms with Gasteiger partial charge in [-0.15, -0.1) is 0 Å². The maximum absolute atomic E-state index is 12.9. The Morgan fingerprint density at radius 1 is 1.03 bits per heavy atom. The quantitative estimate of drug-likeness (QED) is 0.353. The van der Waals surface area contributed by atoms with Gasteiger partial charge in [-0.05, 0) is 51.1 Å². The summed E-state index contributed by atoms with van der Waals surface area (Å²) in [4.78, 5) is 29.6. The highest BCUT2D eigenvalue weighted by Crippen LogP contribution is 2.35. The fourth-order valence-corrected chi connectivity index (χ4v) is 4.00. The maximum atomic E-state index is 12.9. The Labute approximate surface area is 184 Å². The van der Waals surface area contributed by atoms with Crippen LogP contribution in [0.5, 0.6) is 11.5 Å². The largest absolute Gasteiger partial charge is 0.454 e. The van der Waals surface area contributed by atoms with Crippen molar-refractivity contribution in [1.29, 1.82) is 0 Å². The van der Waals surface area contributed by atoms with Gasteiger partial charge in [-0.25, -0.2) is 9.78 Å². The molecular formula is C24H21N3O5. The molecule has 0 aliphatic carbocycles. The van der Waals surface area contributed by atoms with Gasteiger partial charge in [0.1, 0.15) is 5.65 Å². The Kier molecular flexibility index (Phi) is 4.70. The summed E-state index contributed by atoms with van der Waals surface area (Å²) in [5.41, 5.74) is 4.76. The molecule has 0 fully saturated rings. The third kappa shape index (κ3) is 3.30. The third-order valence-corrected chi connectivity index (χ3v) is 5.59. The van der Waals surface area contributed by atoms with Crippen molar-refractivity contribution in [3.05, 3.63) is 77.0 Å². The number of nitrogens with zero attached hydrogens (tertiary/aromatic N) is 3. The molecule has 0 unspecified atom stereocenters. The average molecular weight is 431 g/mol. The monoisotopic (exact) mass is 431 g/mol. The highest BCUT2D eigenvalue weighted by Gasteiger charge is 2.21. The van der Waals surface area contributed by atoms with Gasteiger partial charge in [0.05, 0.1) is 0 Å². The van der Waals surface area contributed by atoms with Crippen LogP contribution in [0.1, 0.15) is 37.9 Å². The number of ketones is 1. The Morgan fingerprint density at radius 2 is 1.84 bits per heavy atom. The van der Waals surface area contributed by atoms with Crippen LogP contribution in [0.3, 0.4) is 0 Å². The van der Waals surface area contributed by atoms with E-state index in [1.807, 2.05) is 55.7 Å². The number of Topliss-reactive ketones (excluding diaryl/α,β-unsaturated/α-hetero) is 1. The van der Waals surface area contributed by atoms with E-state index in [2.05, 4.69) is 4.98 Å². The molecule has 0 saturated heterocycles. The van der Waals surface area contributed by atoms with Gasteiger partial charge < -0.3 is 23.2 Å². The van der Waals surface area contributed by atoms with Crippen molar-refractivity contribution in [2.45, 2.75) is 20.8 Å². The number of ether oxygens (including phenoxy) is 3. The van der Waals surface area contributed by atoms with Gasteiger partial charge in [-0.1, -0.05) is 6.07 Å². The second-order valence-electron chi connectivity index (χ2n) is 7.68. The molecule has 8 heteroatoms. The number of hydrogen-bond donors (Lipinski definition) is 0. The minimum absolute atomic E-state index is 0.165. The summed E-state index contributed by atoms with van der Waals surface area (Å²) in [6.07, 6.45) is 1.61. The van der Waals surface area contributed by atoms with Crippen molar-refractivity contribution in [3.8, 4) is 17.2 Å². The summed E-state index contributed by atoms with van der Waals surface area (Å²) in [5.74, 6) is 0.450. The number of aromatic nitrogens is 3. The van der Waals surface area contributed by atoms with E-state index in [1.54, 1.807) is 22.7 Å². The van der Waals surface area contributed by atoms with Crippen molar-refractivity contribution in [2.24, 2.45) is 0 Å². The van der Waals surface area contributed by atoms with Crippen LogP contribution < -0.4 is 9.47 Å². The number of pyridine rings is 1. The van der Waals surface area contributed by atoms with Gasteiger partial charge in [0.15, 0.2) is 23.8 Å². The van der Waals surface area contributed by atoms with Gasteiger partial charge in [0.25, 0.3) is 0 Å². The van der Waals surface area contributed by atoms with E-state index in [-0.39, 0.29) is 24.9 Å². The Balaban J connectivity index is 1.34. The summed E-state index contributed by atoms with van der Waals surface area (Å²) < 4.78 is 19.9. The number of carbonyl (C=O) groups is 2. The Morgan fingerprint density at radius 3 is 2.66 bits per heavy atom. The fourth-order valence-electron chi connectivity index (χ4n) is 4.00. The summed E-state index contributed by atoms with van der Waals surface area (Å²) >= 11 is 0. The topological polar surface area (TPSA) is 84.1 Å². The molecule has 32 heavy (non-hydrogen) atoms. The summed E-state index contributed by atoms with van der Waals surface area (Å²) in [5, 5.41) is 0. The molecule has 0 saturated carbocycles. The number of imidazole rings is 1. The summed E-state index contributed by atoms with van der Waals surface area (Å²) in [6.45, 7) is 5.53. The van der Waals surface area contributed by atoms with E-state index < -0.39 is 5.97 Å². The molecule has 0 spiro atoms. The zero-order valence-electron chi connectivity index (χ0n) is 17.9. The molecule has 0 radical (unpaired) electrons. The maximum Gasteiger partial charge on any atom is 0.359 e. The fraction of sp³-hybridized carbons (Fsp3) is 0.208. The highest BCUT2D eigenvalue weighted by atomic mass is 16.7. The number of fused-ring (bicyclic) bond motifs is 2. The van der Waals surface area contributed by atoms with Gasteiger partial charge in [-0.2, -0.15) is 0 Å². The lowest BCUT2D eigenvalue weighted by Crippen LogP contribution is -2.15. The lowest BCUT2D eigenvalue weighted by Gasteiger charge is -2.10. The Hall–Kier alpha value is -4.07. The van der Waals surface area contributed by atoms with Crippen LogP contribution >= 0.6 is 0 Å². The molecule has 0 bridgehead atoms. The predicted octanol–water partition coefficient (Wildman–Crippen LogP) is 3.82. The van der Waals surface area contributed by atoms with Crippen LogP contribution in [0.2, 0.25) is 0 Å². The van der Waals surface area contributed by atoms with Gasteiger partial charge >= 0.3 is 5.97 Å². The first-order valence-electron chi connectivity index (χ1n) is 10.2. The molecule has 1 aromatic carbocycles. The normalized spacial score (nSPS) is 12.3. The molecule has 0 N–H and O–H groups in total. The number of carbonyl (C=O) groups excluding carboxylic acids is 2. The van der Waals surface area contributed by atoms with Gasteiger partial charge in [0, 0.05) is 40.6 Å². The molecule has 4 heterocycles. The zero-order valence-corrected chi connectivity index (χ0v) is 17.9. The number of benzene rings is 1. The van der Waals surface area contributed by atoms with E-state index in [0.29, 0.717) is 22.7 Å². The predicted molar refractivity (Wildman–Crippen MR) is 116 cm³/mol. The molecule has 0 atom stereocenters. The van der Waals surface area contributed by atoms with E-state index in [9.17, 15) is 9.59 Å². The van der Waals surface area contributed by atoms with Crippen LogP contribution in [0.4, 0.5) is 0 Å². The SMILES string of the molecule is Cc1cc(C(=O)COC(=O)c2cn3c(C)cccc3n2)c(C)n1-c1ccc2c(c1)OCO2. The second kappa shape index (κ2) is 7.56. The van der Waals surface area contributed by atoms with Crippen LogP contribution in [0.15, 0.2) is 48.7 Å².